The van der Waals surface area contributed by atoms with E-state index in [1.165, 1.54) is 0 Å². The Hall–Kier alpha value is -3.79. The van der Waals surface area contributed by atoms with Gasteiger partial charge in [0.25, 0.3) is 5.91 Å². The first-order valence-electron chi connectivity index (χ1n) is 11.1. The lowest BCUT2D eigenvalue weighted by Gasteiger charge is -2.14. The molecule has 2 aliphatic rings. The van der Waals surface area contributed by atoms with Gasteiger partial charge in [-0.05, 0) is 53.4 Å². The third-order valence-electron chi connectivity index (χ3n) is 6.21. The SMILES string of the molecule is O=C(O)CC1CCC(NC(=O)C#CCNC(=O)OCC2c3ccccc3-c3ccccc32)C1. The van der Waals surface area contributed by atoms with Crippen LogP contribution in [0.1, 0.15) is 42.7 Å². The van der Waals surface area contributed by atoms with Crippen molar-refractivity contribution in [2.24, 2.45) is 5.92 Å². The van der Waals surface area contributed by atoms with E-state index in [1.807, 2.05) is 24.3 Å². The number of carbonyl (C=O) groups excluding carboxylic acids is 2. The van der Waals surface area contributed by atoms with Gasteiger partial charge in [0.1, 0.15) is 6.61 Å². The molecular formula is C26H26N2O5. The number of ether oxygens (including phenoxy) is 1. The Labute approximate surface area is 192 Å². The summed E-state index contributed by atoms with van der Waals surface area (Å²) in [4.78, 5) is 34.9. The van der Waals surface area contributed by atoms with Crippen LogP contribution in [0.4, 0.5) is 4.79 Å². The first kappa shape index (κ1) is 22.4. The molecule has 0 spiro atoms. The van der Waals surface area contributed by atoms with Gasteiger partial charge in [0, 0.05) is 18.4 Å². The van der Waals surface area contributed by atoms with E-state index in [0.717, 1.165) is 35.1 Å². The monoisotopic (exact) mass is 446 g/mol. The molecule has 0 bridgehead atoms. The van der Waals surface area contributed by atoms with Crippen molar-refractivity contribution in [2.45, 2.75) is 37.6 Å². The number of hydrogen-bond acceptors (Lipinski definition) is 4. The van der Waals surface area contributed by atoms with E-state index in [2.05, 4.69) is 46.7 Å². The van der Waals surface area contributed by atoms with Crippen molar-refractivity contribution in [3.63, 3.8) is 0 Å². The molecular weight excluding hydrogens is 420 g/mol. The van der Waals surface area contributed by atoms with Crippen molar-refractivity contribution in [3.05, 3.63) is 59.7 Å². The molecule has 3 N–H and O–H groups in total. The summed E-state index contributed by atoms with van der Waals surface area (Å²) >= 11 is 0. The number of aliphatic carboxylic acids is 1. The van der Waals surface area contributed by atoms with Crippen LogP contribution >= 0.6 is 0 Å². The summed E-state index contributed by atoms with van der Waals surface area (Å²) in [5.74, 6) is 3.92. The van der Waals surface area contributed by atoms with Crippen LogP contribution in [0.3, 0.4) is 0 Å². The summed E-state index contributed by atoms with van der Waals surface area (Å²) in [6, 6.07) is 16.2. The van der Waals surface area contributed by atoms with Crippen LogP contribution in [0, 0.1) is 17.8 Å². The molecule has 7 heteroatoms. The first-order valence-corrected chi connectivity index (χ1v) is 11.1. The highest BCUT2D eigenvalue weighted by atomic mass is 16.5. The Morgan fingerprint density at radius 1 is 1.00 bits per heavy atom. The highest BCUT2D eigenvalue weighted by Gasteiger charge is 2.29. The number of hydrogen-bond donors (Lipinski definition) is 3. The van der Waals surface area contributed by atoms with Gasteiger partial charge in [-0.1, -0.05) is 54.5 Å². The number of carboxylic acid groups (broad SMARTS) is 1. The maximum absolute atomic E-state index is 12.1. The van der Waals surface area contributed by atoms with Gasteiger partial charge in [-0.15, -0.1) is 0 Å². The molecule has 0 heterocycles. The Balaban J connectivity index is 1.21. The number of nitrogens with one attached hydrogen (secondary N) is 2. The van der Waals surface area contributed by atoms with Crippen LogP contribution in [0.15, 0.2) is 48.5 Å². The van der Waals surface area contributed by atoms with Crippen LogP contribution in [-0.4, -0.2) is 42.3 Å². The van der Waals surface area contributed by atoms with Crippen molar-refractivity contribution in [2.75, 3.05) is 13.2 Å². The van der Waals surface area contributed by atoms with Crippen molar-refractivity contribution in [1.29, 1.82) is 0 Å². The van der Waals surface area contributed by atoms with Gasteiger partial charge in [0.15, 0.2) is 0 Å². The highest BCUT2D eigenvalue weighted by molar-refractivity contribution is 5.93. The molecule has 0 aromatic heterocycles. The van der Waals surface area contributed by atoms with E-state index in [-0.39, 0.29) is 37.5 Å². The summed E-state index contributed by atoms with van der Waals surface area (Å²) in [6.07, 6.45) is 1.73. The number of rotatable bonds is 6. The van der Waals surface area contributed by atoms with Gasteiger partial charge in [-0.25, -0.2) is 4.79 Å². The van der Waals surface area contributed by atoms with Crippen LogP contribution < -0.4 is 10.6 Å². The number of carboxylic acids is 1. The van der Waals surface area contributed by atoms with Crippen LogP contribution in [0.25, 0.3) is 11.1 Å². The maximum Gasteiger partial charge on any atom is 0.407 e. The van der Waals surface area contributed by atoms with Gasteiger partial charge in [0.2, 0.25) is 0 Å². The lowest BCUT2D eigenvalue weighted by Crippen LogP contribution is -2.32. The fourth-order valence-electron chi connectivity index (χ4n) is 4.75. The normalized spacial score (nSPS) is 18.4. The molecule has 2 aromatic rings. The summed E-state index contributed by atoms with van der Waals surface area (Å²) in [7, 11) is 0. The zero-order chi connectivity index (χ0) is 23.2. The fourth-order valence-corrected chi connectivity index (χ4v) is 4.75. The third kappa shape index (κ3) is 5.53. The molecule has 4 rings (SSSR count). The summed E-state index contributed by atoms with van der Waals surface area (Å²) in [6.45, 7) is 0.212. The van der Waals surface area contributed by atoms with Crippen LogP contribution in [0.2, 0.25) is 0 Å². The van der Waals surface area contributed by atoms with E-state index in [0.29, 0.717) is 6.42 Å². The average Bonchev–Trinajstić information content (AvgIpc) is 3.36. The number of carbonyl (C=O) groups is 3. The van der Waals surface area contributed by atoms with E-state index in [4.69, 9.17) is 9.84 Å². The molecule has 2 amide bonds. The molecule has 0 radical (unpaired) electrons. The number of benzene rings is 2. The maximum atomic E-state index is 12.1. The zero-order valence-electron chi connectivity index (χ0n) is 18.2. The fraction of sp³-hybridized carbons (Fsp3) is 0.346. The Morgan fingerprint density at radius 3 is 2.33 bits per heavy atom. The van der Waals surface area contributed by atoms with Crippen LogP contribution in [0.5, 0.6) is 0 Å². The van der Waals surface area contributed by atoms with Crippen molar-refractivity contribution in [3.8, 4) is 23.0 Å². The molecule has 2 unspecified atom stereocenters. The van der Waals surface area contributed by atoms with Gasteiger partial charge < -0.3 is 20.5 Å². The topological polar surface area (TPSA) is 105 Å². The summed E-state index contributed by atoms with van der Waals surface area (Å²) in [5, 5.41) is 14.2. The van der Waals surface area contributed by atoms with Gasteiger partial charge in [-0.2, -0.15) is 0 Å². The van der Waals surface area contributed by atoms with Crippen molar-refractivity contribution >= 4 is 18.0 Å². The Kier molecular flexibility index (Phi) is 6.94. The minimum Gasteiger partial charge on any atom is -0.481 e. The minimum absolute atomic E-state index is 0.00357. The molecule has 1 fully saturated rings. The molecule has 170 valence electrons. The smallest absolute Gasteiger partial charge is 0.407 e. The molecule has 0 saturated heterocycles. The Bertz CT molecular complexity index is 1070. The number of alkyl carbamates (subject to hydrolysis) is 1. The van der Waals surface area contributed by atoms with Crippen molar-refractivity contribution in [1.82, 2.24) is 10.6 Å². The Morgan fingerprint density at radius 2 is 1.67 bits per heavy atom. The predicted molar refractivity (Wildman–Crippen MR) is 122 cm³/mol. The largest absolute Gasteiger partial charge is 0.481 e. The standard InChI is InChI=1S/C26H26N2O5/c29-24(28-18-12-11-17(14-18)15-25(30)31)10-5-13-27-26(32)33-16-23-21-8-3-1-6-19(21)20-7-2-4-9-22(20)23/h1-4,6-9,17-18,23H,11-16H2,(H,27,32)(H,28,29)(H,30,31). The zero-order valence-corrected chi connectivity index (χ0v) is 18.2. The molecule has 2 aliphatic carbocycles. The third-order valence-corrected chi connectivity index (χ3v) is 6.21. The first-order chi connectivity index (χ1) is 16.0. The second-order valence-corrected chi connectivity index (χ2v) is 8.43. The lowest BCUT2D eigenvalue weighted by atomic mass is 9.98. The second kappa shape index (κ2) is 10.2. The van der Waals surface area contributed by atoms with E-state index in [9.17, 15) is 14.4 Å². The van der Waals surface area contributed by atoms with Gasteiger partial charge in [-0.3, -0.25) is 9.59 Å². The number of amides is 2. The highest BCUT2D eigenvalue weighted by Crippen LogP contribution is 2.44. The predicted octanol–water partition coefficient (Wildman–Crippen LogP) is 3.29. The molecule has 2 atom stereocenters. The lowest BCUT2D eigenvalue weighted by molar-refractivity contribution is -0.138. The second-order valence-electron chi connectivity index (χ2n) is 8.43. The van der Waals surface area contributed by atoms with Gasteiger partial charge >= 0.3 is 12.1 Å². The average molecular weight is 447 g/mol. The van der Waals surface area contributed by atoms with Crippen LogP contribution in [-0.2, 0) is 14.3 Å². The van der Waals surface area contributed by atoms with E-state index < -0.39 is 18.0 Å². The molecule has 33 heavy (non-hydrogen) atoms. The summed E-state index contributed by atoms with van der Waals surface area (Å²) < 4.78 is 5.43. The summed E-state index contributed by atoms with van der Waals surface area (Å²) in [5.41, 5.74) is 4.60. The molecule has 1 saturated carbocycles. The van der Waals surface area contributed by atoms with E-state index in [1.54, 1.807) is 0 Å². The quantitative estimate of drug-likeness (QED) is 0.591. The number of fused-ring (bicyclic) bond motifs is 3. The molecule has 0 aliphatic heterocycles. The minimum atomic E-state index is -0.814. The van der Waals surface area contributed by atoms with Crippen molar-refractivity contribution < 1.29 is 24.2 Å². The molecule has 7 nitrogen and oxygen atoms in total. The van der Waals surface area contributed by atoms with Gasteiger partial charge in [0.05, 0.1) is 6.54 Å². The van der Waals surface area contributed by atoms with E-state index >= 15 is 0 Å². The molecule has 2 aromatic carbocycles.